The minimum absolute atomic E-state index is 0. The van der Waals surface area contributed by atoms with E-state index in [2.05, 4.69) is 15.0 Å². The van der Waals surface area contributed by atoms with Crippen LogP contribution in [0.15, 0.2) is 30.3 Å². The maximum atomic E-state index is 12.5. The maximum absolute atomic E-state index is 12.5. The minimum atomic E-state index is -0.401. The molecule has 27 heavy (non-hydrogen) atoms. The highest BCUT2D eigenvalue weighted by molar-refractivity contribution is 7.29. The van der Waals surface area contributed by atoms with Crippen molar-refractivity contribution in [3.05, 3.63) is 40.8 Å². The van der Waals surface area contributed by atoms with Gasteiger partial charge in [-0.25, -0.2) is 9.78 Å². The first-order valence-electron chi connectivity index (χ1n) is 8.79. The molecule has 8 heteroatoms. The van der Waals surface area contributed by atoms with Crippen molar-refractivity contribution in [1.29, 1.82) is 0 Å². The smallest absolute Gasteiger partial charge is 0.337 e. The van der Waals surface area contributed by atoms with Crippen molar-refractivity contribution in [3.63, 3.8) is 0 Å². The molecule has 3 heterocycles. The fourth-order valence-corrected chi connectivity index (χ4v) is 5.21. The van der Waals surface area contributed by atoms with Crippen LogP contribution in [0.5, 0.6) is 0 Å². The minimum Gasteiger partial charge on any atom is -0.465 e. The number of methoxy groups -OCH3 is 1. The molecule has 1 fully saturated rings. The lowest BCUT2D eigenvalue weighted by Crippen LogP contribution is -2.29. The zero-order valence-corrected chi connectivity index (χ0v) is 16.5. The SMILES string of the molecule is COC(=O)c1ccc(NC(=O)c2cc3sc(N4CCCCC4)nc3s2)cc1.[HH]. The number of piperidine rings is 1. The molecule has 6 nitrogen and oxygen atoms in total. The van der Waals surface area contributed by atoms with Crippen LogP contribution < -0.4 is 10.2 Å². The molecule has 3 aromatic rings. The molecule has 1 N–H and O–H groups in total. The number of thiophene rings is 1. The van der Waals surface area contributed by atoms with Gasteiger partial charge in [0.15, 0.2) is 5.13 Å². The fourth-order valence-electron chi connectivity index (χ4n) is 3.06. The molecule has 1 saturated heterocycles. The number of nitrogens with zero attached hydrogens (tertiary/aromatic N) is 2. The molecule has 0 unspecified atom stereocenters. The molecule has 1 aliphatic rings. The molecular formula is C19H21N3O3S2. The van der Waals surface area contributed by atoms with Gasteiger partial charge in [-0.2, -0.15) is 0 Å². The van der Waals surface area contributed by atoms with E-state index >= 15 is 0 Å². The molecule has 0 atom stereocenters. The summed E-state index contributed by atoms with van der Waals surface area (Å²) in [6, 6.07) is 8.53. The first kappa shape index (κ1) is 17.9. The van der Waals surface area contributed by atoms with E-state index in [1.54, 1.807) is 35.6 Å². The number of nitrogens with one attached hydrogen (secondary N) is 1. The summed E-state index contributed by atoms with van der Waals surface area (Å²) < 4.78 is 5.72. The van der Waals surface area contributed by atoms with Crippen molar-refractivity contribution < 1.29 is 15.8 Å². The van der Waals surface area contributed by atoms with Gasteiger partial charge in [-0.1, -0.05) is 11.3 Å². The normalized spacial score (nSPS) is 14.3. The number of anilines is 2. The van der Waals surface area contributed by atoms with E-state index in [4.69, 9.17) is 4.98 Å². The second-order valence-electron chi connectivity index (χ2n) is 6.35. The van der Waals surface area contributed by atoms with Gasteiger partial charge in [0.05, 0.1) is 22.3 Å². The average Bonchev–Trinajstić information content (AvgIpc) is 3.28. The Kier molecular flexibility index (Phi) is 5.09. The van der Waals surface area contributed by atoms with Crippen molar-refractivity contribution in [2.45, 2.75) is 19.3 Å². The molecule has 0 saturated carbocycles. The summed E-state index contributed by atoms with van der Waals surface area (Å²) >= 11 is 3.06. The van der Waals surface area contributed by atoms with Crippen molar-refractivity contribution in [1.82, 2.24) is 4.98 Å². The summed E-state index contributed by atoms with van der Waals surface area (Å²) in [6.45, 7) is 2.13. The van der Waals surface area contributed by atoms with Crippen molar-refractivity contribution in [2.75, 3.05) is 30.4 Å². The van der Waals surface area contributed by atoms with E-state index < -0.39 is 5.97 Å². The molecule has 142 valence electrons. The largest absolute Gasteiger partial charge is 0.465 e. The third kappa shape index (κ3) is 3.81. The summed E-state index contributed by atoms with van der Waals surface area (Å²) in [5, 5.41) is 3.91. The third-order valence-electron chi connectivity index (χ3n) is 4.49. The third-order valence-corrected chi connectivity index (χ3v) is 6.71. The summed E-state index contributed by atoms with van der Waals surface area (Å²) in [4.78, 5) is 32.6. The van der Waals surface area contributed by atoms with Crippen LogP contribution >= 0.6 is 22.7 Å². The second-order valence-corrected chi connectivity index (χ2v) is 8.39. The van der Waals surface area contributed by atoms with Gasteiger partial charge in [0.25, 0.3) is 5.91 Å². The Morgan fingerprint density at radius 2 is 1.89 bits per heavy atom. The predicted molar refractivity (Wildman–Crippen MR) is 111 cm³/mol. The van der Waals surface area contributed by atoms with Crippen LogP contribution in [-0.4, -0.2) is 37.1 Å². The van der Waals surface area contributed by atoms with Crippen LogP contribution in [0.2, 0.25) is 0 Å². The Morgan fingerprint density at radius 1 is 1.15 bits per heavy atom. The van der Waals surface area contributed by atoms with Gasteiger partial charge in [0.2, 0.25) is 0 Å². The maximum Gasteiger partial charge on any atom is 0.337 e. The van der Waals surface area contributed by atoms with Crippen LogP contribution in [0.25, 0.3) is 9.53 Å². The van der Waals surface area contributed by atoms with Crippen LogP contribution in [0, 0.1) is 0 Å². The first-order chi connectivity index (χ1) is 13.1. The summed E-state index contributed by atoms with van der Waals surface area (Å²) in [6.07, 6.45) is 3.73. The molecule has 0 aliphatic carbocycles. The Morgan fingerprint density at radius 3 is 2.56 bits per heavy atom. The monoisotopic (exact) mass is 403 g/mol. The van der Waals surface area contributed by atoms with Gasteiger partial charge < -0.3 is 15.0 Å². The lowest BCUT2D eigenvalue weighted by atomic mass is 10.1. The van der Waals surface area contributed by atoms with Gasteiger partial charge >= 0.3 is 5.97 Å². The number of esters is 1. The Balaban J connectivity index is 0.00000225. The number of aromatic nitrogens is 1. The van der Waals surface area contributed by atoms with Crippen LogP contribution in [0.1, 0.15) is 40.7 Å². The quantitative estimate of drug-likeness (QED) is 0.643. The summed E-state index contributed by atoms with van der Waals surface area (Å²) in [5.74, 6) is -0.572. The molecule has 1 aromatic carbocycles. The van der Waals surface area contributed by atoms with Crippen LogP contribution in [0.3, 0.4) is 0 Å². The lowest BCUT2D eigenvalue weighted by Gasteiger charge is -2.25. The number of hydrogen-bond acceptors (Lipinski definition) is 7. The highest BCUT2D eigenvalue weighted by Crippen LogP contribution is 2.35. The van der Waals surface area contributed by atoms with Gasteiger partial charge in [-0.05, 0) is 49.6 Å². The number of thiazole rings is 1. The number of amides is 1. The summed E-state index contributed by atoms with van der Waals surface area (Å²) in [7, 11) is 1.34. The molecule has 0 radical (unpaired) electrons. The molecule has 0 spiro atoms. The van der Waals surface area contributed by atoms with Gasteiger partial charge in [-0.3, -0.25) is 4.79 Å². The zero-order chi connectivity index (χ0) is 18.8. The van der Waals surface area contributed by atoms with E-state index in [0.717, 1.165) is 27.8 Å². The number of carbonyl (C=O) groups is 2. The predicted octanol–water partition coefficient (Wildman–Crippen LogP) is 4.63. The Bertz CT molecular complexity index is 947. The topological polar surface area (TPSA) is 71.5 Å². The van der Waals surface area contributed by atoms with E-state index in [1.165, 1.54) is 37.7 Å². The van der Waals surface area contributed by atoms with Crippen molar-refractivity contribution in [2.24, 2.45) is 0 Å². The second kappa shape index (κ2) is 7.66. The number of fused-ring (bicyclic) bond motifs is 1. The van der Waals surface area contributed by atoms with Gasteiger partial charge in [0.1, 0.15) is 4.83 Å². The zero-order valence-electron chi connectivity index (χ0n) is 14.9. The standard InChI is InChI=1S/C19H19N3O3S2.H2/c1-25-18(24)12-5-7-13(8-6-12)20-16(23)14-11-15-17(26-14)21-19(27-15)22-9-3-2-4-10-22;/h5-8,11H,2-4,9-10H2,1H3,(H,20,23);1H. The van der Waals surface area contributed by atoms with Crippen LogP contribution in [-0.2, 0) is 4.74 Å². The highest BCUT2D eigenvalue weighted by Gasteiger charge is 2.18. The Labute approximate surface area is 166 Å². The van der Waals surface area contributed by atoms with E-state index in [-0.39, 0.29) is 7.33 Å². The summed E-state index contributed by atoms with van der Waals surface area (Å²) in [5.41, 5.74) is 1.08. The van der Waals surface area contributed by atoms with Crippen molar-refractivity contribution in [3.8, 4) is 0 Å². The number of benzene rings is 1. The van der Waals surface area contributed by atoms with Crippen molar-refractivity contribution >= 4 is 54.9 Å². The number of hydrogen-bond donors (Lipinski definition) is 1. The fraction of sp³-hybridized carbons (Fsp3) is 0.316. The molecule has 0 bridgehead atoms. The number of carbonyl (C=O) groups excluding carboxylic acids is 2. The van der Waals surface area contributed by atoms with E-state index in [0.29, 0.717) is 16.1 Å². The number of rotatable bonds is 4. The number of ether oxygens (including phenoxy) is 1. The lowest BCUT2D eigenvalue weighted by molar-refractivity contribution is 0.0600. The highest BCUT2D eigenvalue weighted by atomic mass is 32.1. The van der Waals surface area contributed by atoms with Gasteiger partial charge in [-0.15, -0.1) is 11.3 Å². The average molecular weight is 404 g/mol. The van der Waals surface area contributed by atoms with E-state index in [9.17, 15) is 9.59 Å². The molecule has 1 aliphatic heterocycles. The molecule has 2 aromatic heterocycles. The first-order valence-corrected chi connectivity index (χ1v) is 10.4. The van der Waals surface area contributed by atoms with Crippen LogP contribution in [0.4, 0.5) is 10.8 Å². The molecule has 1 amide bonds. The van der Waals surface area contributed by atoms with Gasteiger partial charge in [0, 0.05) is 20.2 Å². The molecular weight excluding hydrogens is 382 g/mol. The Hall–Kier alpha value is -2.45. The molecule has 4 rings (SSSR count). The van der Waals surface area contributed by atoms with E-state index in [1.807, 2.05) is 6.07 Å².